The second kappa shape index (κ2) is 8.57. The average Bonchev–Trinajstić information content (AvgIpc) is 2.95. The number of thioether (sulfide) groups is 1. The summed E-state index contributed by atoms with van der Waals surface area (Å²) in [5.41, 5.74) is 0.720. The second-order valence-corrected chi connectivity index (χ2v) is 6.90. The number of benzene rings is 2. The Hall–Kier alpha value is -3.66. The molecule has 0 aromatic heterocycles. The van der Waals surface area contributed by atoms with Crippen molar-refractivity contribution in [3.63, 3.8) is 0 Å². The molecule has 9 nitrogen and oxygen atoms in total. The summed E-state index contributed by atoms with van der Waals surface area (Å²) in [6, 6.07) is 12.3. The molecule has 10 heteroatoms. The number of carboxylic acid groups (broad SMARTS) is 1. The molecule has 3 rings (SSSR count). The third-order valence-corrected chi connectivity index (χ3v) is 4.84. The first-order chi connectivity index (χ1) is 13.8. The number of ether oxygens (including phenoxy) is 1. The van der Waals surface area contributed by atoms with Crippen LogP contribution in [-0.2, 0) is 16.1 Å². The number of aliphatic carboxylic acids is 1. The first kappa shape index (κ1) is 20.1. The van der Waals surface area contributed by atoms with Crippen LogP contribution >= 0.6 is 11.8 Å². The van der Waals surface area contributed by atoms with Crippen molar-refractivity contribution in [2.24, 2.45) is 0 Å². The number of hydrogen-bond donors (Lipinski definition) is 1. The first-order valence-corrected chi connectivity index (χ1v) is 9.09. The Morgan fingerprint density at radius 2 is 1.86 bits per heavy atom. The van der Waals surface area contributed by atoms with Crippen molar-refractivity contribution in [2.45, 2.75) is 6.54 Å². The minimum absolute atomic E-state index is 0.160. The molecule has 2 aromatic rings. The molecule has 1 N–H and O–H groups in total. The van der Waals surface area contributed by atoms with E-state index in [1.165, 1.54) is 24.3 Å². The van der Waals surface area contributed by atoms with Crippen LogP contribution in [0.4, 0.5) is 10.5 Å². The van der Waals surface area contributed by atoms with Gasteiger partial charge in [0.1, 0.15) is 5.75 Å². The van der Waals surface area contributed by atoms with Crippen molar-refractivity contribution in [1.82, 2.24) is 4.90 Å². The maximum atomic E-state index is 12.6. The molecular formula is C19H14N2O7S. The van der Waals surface area contributed by atoms with Gasteiger partial charge in [0.15, 0.2) is 6.61 Å². The third kappa shape index (κ3) is 4.79. The third-order valence-electron chi connectivity index (χ3n) is 3.93. The molecule has 0 unspecified atom stereocenters. The highest BCUT2D eigenvalue weighted by molar-refractivity contribution is 8.18. The zero-order chi connectivity index (χ0) is 21.0. The number of amides is 2. The van der Waals surface area contributed by atoms with Crippen molar-refractivity contribution in [2.75, 3.05) is 6.61 Å². The van der Waals surface area contributed by atoms with Crippen LogP contribution in [0.15, 0.2) is 53.4 Å². The Bertz CT molecular complexity index is 1020. The molecule has 1 aliphatic heterocycles. The van der Waals surface area contributed by atoms with Gasteiger partial charge >= 0.3 is 5.97 Å². The Labute approximate surface area is 168 Å². The van der Waals surface area contributed by atoms with Crippen LogP contribution < -0.4 is 4.74 Å². The minimum Gasteiger partial charge on any atom is -0.482 e. The SMILES string of the molecule is O=C(O)COc1ccc(/C=C2/SC(=O)N(Cc3ccccc3[N+](=O)[O-])C2=O)cc1. The van der Waals surface area contributed by atoms with E-state index in [1.807, 2.05) is 0 Å². The number of carbonyl (C=O) groups excluding carboxylic acids is 2. The number of rotatable bonds is 7. The van der Waals surface area contributed by atoms with E-state index < -0.39 is 28.6 Å². The molecule has 1 fully saturated rings. The summed E-state index contributed by atoms with van der Waals surface area (Å²) >= 11 is 0.748. The zero-order valence-corrected chi connectivity index (χ0v) is 15.6. The maximum Gasteiger partial charge on any atom is 0.341 e. The van der Waals surface area contributed by atoms with Crippen LogP contribution in [0.1, 0.15) is 11.1 Å². The van der Waals surface area contributed by atoms with Gasteiger partial charge in [0, 0.05) is 11.6 Å². The van der Waals surface area contributed by atoms with Gasteiger partial charge in [-0.05, 0) is 35.5 Å². The molecule has 29 heavy (non-hydrogen) atoms. The Morgan fingerprint density at radius 1 is 1.17 bits per heavy atom. The number of nitrogens with zero attached hydrogens (tertiary/aromatic N) is 2. The number of imide groups is 1. The summed E-state index contributed by atoms with van der Waals surface area (Å²) in [4.78, 5) is 47.1. The molecule has 0 atom stereocenters. The molecule has 1 saturated heterocycles. The predicted octanol–water partition coefficient (Wildman–Crippen LogP) is 3.29. The lowest BCUT2D eigenvalue weighted by Crippen LogP contribution is -2.27. The summed E-state index contributed by atoms with van der Waals surface area (Å²) in [7, 11) is 0. The number of carbonyl (C=O) groups is 3. The standard InChI is InChI=1S/C19H14N2O7S/c22-17(23)11-28-14-7-5-12(6-8-14)9-16-18(24)20(19(25)29-16)10-13-3-1-2-4-15(13)21(26)27/h1-9H,10-11H2,(H,22,23)/b16-9+. The number of carboxylic acids is 1. The Balaban J connectivity index is 1.75. The summed E-state index contributed by atoms with van der Waals surface area (Å²) in [6.45, 7) is -0.662. The van der Waals surface area contributed by atoms with Gasteiger partial charge in [0.25, 0.3) is 16.8 Å². The highest BCUT2D eigenvalue weighted by Gasteiger charge is 2.36. The van der Waals surface area contributed by atoms with Gasteiger partial charge in [-0.2, -0.15) is 0 Å². The van der Waals surface area contributed by atoms with Gasteiger partial charge in [-0.1, -0.05) is 30.3 Å². The van der Waals surface area contributed by atoms with E-state index in [1.54, 1.807) is 30.3 Å². The van der Waals surface area contributed by atoms with Crippen LogP contribution in [0.3, 0.4) is 0 Å². The van der Waals surface area contributed by atoms with Gasteiger partial charge in [0.05, 0.1) is 16.4 Å². The fourth-order valence-corrected chi connectivity index (χ4v) is 3.42. The summed E-state index contributed by atoms with van der Waals surface area (Å²) in [6.07, 6.45) is 1.52. The maximum absolute atomic E-state index is 12.6. The van der Waals surface area contributed by atoms with Gasteiger partial charge < -0.3 is 9.84 Å². The van der Waals surface area contributed by atoms with Crippen molar-refractivity contribution in [3.05, 3.63) is 74.7 Å². The average molecular weight is 414 g/mol. The van der Waals surface area contributed by atoms with Gasteiger partial charge in [-0.3, -0.25) is 24.6 Å². The van der Waals surface area contributed by atoms with Crippen LogP contribution in [0.2, 0.25) is 0 Å². The Kier molecular flexibility index (Phi) is 5.93. The van der Waals surface area contributed by atoms with Crippen molar-refractivity contribution >= 4 is 40.6 Å². The number of nitro benzene ring substituents is 1. The number of para-hydroxylation sites is 1. The quantitative estimate of drug-likeness (QED) is 0.415. The minimum atomic E-state index is -1.10. The monoisotopic (exact) mass is 414 g/mol. The molecule has 0 saturated carbocycles. The van der Waals surface area contributed by atoms with Crippen LogP contribution in [0.25, 0.3) is 6.08 Å². The molecule has 2 aromatic carbocycles. The predicted molar refractivity (Wildman–Crippen MR) is 104 cm³/mol. The highest BCUT2D eigenvalue weighted by atomic mass is 32.2. The lowest BCUT2D eigenvalue weighted by molar-refractivity contribution is -0.385. The van der Waals surface area contributed by atoms with E-state index >= 15 is 0 Å². The molecule has 0 radical (unpaired) electrons. The lowest BCUT2D eigenvalue weighted by Gasteiger charge is -2.12. The molecular weight excluding hydrogens is 400 g/mol. The Morgan fingerprint density at radius 3 is 2.52 bits per heavy atom. The van der Waals surface area contributed by atoms with Crippen LogP contribution in [0, 0.1) is 10.1 Å². The topological polar surface area (TPSA) is 127 Å². The number of nitro groups is 1. The summed E-state index contributed by atoms with van der Waals surface area (Å²) in [5, 5.41) is 19.2. The van der Waals surface area contributed by atoms with Crippen molar-refractivity contribution in [3.8, 4) is 5.75 Å². The molecule has 148 valence electrons. The second-order valence-electron chi connectivity index (χ2n) is 5.91. The van der Waals surface area contributed by atoms with E-state index in [0.29, 0.717) is 11.3 Å². The largest absolute Gasteiger partial charge is 0.482 e. The van der Waals surface area contributed by atoms with Crippen molar-refractivity contribution < 1.29 is 29.2 Å². The van der Waals surface area contributed by atoms with Gasteiger partial charge in [-0.25, -0.2) is 4.79 Å². The fraction of sp³-hybridized carbons (Fsp3) is 0.105. The lowest BCUT2D eigenvalue weighted by atomic mass is 10.1. The van der Waals surface area contributed by atoms with Gasteiger partial charge in [-0.15, -0.1) is 0 Å². The molecule has 0 spiro atoms. The highest BCUT2D eigenvalue weighted by Crippen LogP contribution is 2.34. The van der Waals surface area contributed by atoms with E-state index in [9.17, 15) is 24.5 Å². The normalized spacial score (nSPS) is 15.0. The molecule has 1 heterocycles. The van der Waals surface area contributed by atoms with E-state index in [0.717, 1.165) is 16.7 Å². The van der Waals surface area contributed by atoms with E-state index in [2.05, 4.69) is 0 Å². The summed E-state index contributed by atoms with van der Waals surface area (Å²) < 4.78 is 5.03. The molecule has 0 bridgehead atoms. The first-order valence-electron chi connectivity index (χ1n) is 8.27. The number of hydrogen-bond acceptors (Lipinski definition) is 7. The van der Waals surface area contributed by atoms with E-state index in [-0.39, 0.29) is 22.7 Å². The van der Waals surface area contributed by atoms with Crippen molar-refractivity contribution in [1.29, 1.82) is 0 Å². The smallest absolute Gasteiger partial charge is 0.341 e. The van der Waals surface area contributed by atoms with Gasteiger partial charge in [0.2, 0.25) is 0 Å². The zero-order valence-electron chi connectivity index (χ0n) is 14.8. The molecule has 1 aliphatic rings. The summed E-state index contributed by atoms with van der Waals surface area (Å²) in [5.74, 6) is -1.28. The molecule has 0 aliphatic carbocycles. The van der Waals surface area contributed by atoms with Crippen LogP contribution in [0.5, 0.6) is 5.75 Å². The fourth-order valence-electron chi connectivity index (χ4n) is 2.59. The van der Waals surface area contributed by atoms with Crippen LogP contribution in [-0.4, -0.2) is 38.7 Å². The molecule has 2 amide bonds. The van der Waals surface area contributed by atoms with E-state index in [4.69, 9.17) is 9.84 Å².